The summed E-state index contributed by atoms with van der Waals surface area (Å²) in [4.78, 5) is 23.8. The van der Waals surface area contributed by atoms with E-state index in [1.807, 2.05) is 0 Å². The first-order valence-electron chi connectivity index (χ1n) is 7.44. The molecule has 0 bridgehead atoms. The van der Waals surface area contributed by atoms with Gasteiger partial charge < -0.3 is 10.1 Å². The molecule has 1 aliphatic heterocycles. The fourth-order valence-electron chi connectivity index (χ4n) is 2.18. The summed E-state index contributed by atoms with van der Waals surface area (Å²) < 4.78 is 40.8. The molecule has 2 rings (SSSR count). The maximum atomic E-state index is 13.1. The molecule has 1 aromatic rings. The number of nitrogens with one attached hydrogen (secondary N) is 1. The smallest absolute Gasteiger partial charge is 0.316 e. The van der Waals surface area contributed by atoms with Crippen LogP contribution >= 0.6 is 23.4 Å². The summed E-state index contributed by atoms with van der Waals surface area (Å²) in [5.41, 5.74) is 0.282. The number of carbonyl (C=O) groups is 2. The Morgan fingerprint density at radius 1 is 1.48 bits per heavy atom. The van der Waals surface area contributed by atoms with Crippen molar-refractivity contribution in [3.63, 3.8) is 0 Å². The van der Waals surface area contributed by atoms with Gasteiger partial charge in [0.1, 0.15) is 5.82 Å². The average molecular weight is 410 g/mol. The van der Waals surface area contributed by atoms with Gasteiger partial charge in [0.05, 0.1) is 22.3 Å². The third-order valence-electron chi connectivity index (χ3n) is 3.49. The molecule has 1 heterocycles. The van der Waals surface area contributed by atoms with Crippen LogP contribution in [0, 0.1) is 5.82 Å². The van der Waals surface area contributed by atoms with Gasteiger partial charge in [-0.3, -0.25) is 9.59 Å². The predicted octanol–water partition coefficient (Wildman–Crippen LogP) is 2.27. The Hall–Kier alpha value is -1.32. The summed E-state index contributed by atoms with van der Waals surface area (Å²) in [7, 11) is -3.00. The number of sulfone groups is 1. The third kappa shape index (κ3) is 6.16. The topological polar surface area (TPSA) is 89.5 Å². The SMILES string of the molecule is C[C@H](OC(=O)CS[C@H]1CCS(=O)(=O)C1)C(=O)Nc1ccc(F)c(Cl)c1. The molecule has 25 heavy (non-hydrogen) atoms. The van der Waals surface area contributed by atoms with E-state index < -0.39 is 33.6 Å². The van der Waals surface area contributed by atoms with Crippen molar-refractivity contribution in [2.75, 3.05) is 22.6 Å². The maximum Gasteiger partial charge on any atom is 0.316 e. The van der Waals surface area contributed by atoms with Gasteiger partial charge in [0.15, 0.2) is 15.9 Å². The Labute approximate surface area is 154 Å². The first-order valence-corrected chi connectivity index (χ1v) is 10.7. The molecule has 1 aliphatic rings. The summed E-state index contributed by atoms with van der Waals surface area (Å²) in [6, 6.07) is 3.70. The Morgan fingerprint density at radius 2 is 2.20 bits per heavy atom. The summed E-state index contributed by atoms with van der Waals surface area (Å²) in [5.74, 6) is -1.62. The minimum Gasteiger partial charge on any atom is -0.452 e. The number of carbonyl (C=O) groups excluding carboxylic acids is 2. The number of hydrogen-bond acceptors (Lipinski definition) is 6. The van der Waals surface area contributed by atoms with Crippen LogP contribution in [-0.2, 0) is 24.2 Å². The van der Waals surface area contributed by atoms with E-state index in [2.05, 4.69) is 5.32 Å². The lowest BCUT2D eigenvalue weighted by molar-refractivity contribution is -0.150. The van der Waals surface area contributed by atoms with Gasteiger partial charge in [-0.15, -0.1) is 11.8 Å². The van der Waals surface area contributed by atoms with E-state index in [9.17, 15) is 22.4 Å². The van der Waals surface area contributed by atoms with Crippen molar-refractivity contribution in [2.45, 2.75) is 24.7 Å². The Morgan fingerprint density at radius 3 is 2.80 bits per heavy atom. The van der Waals surface area contributed by atoms with E-state index in [0.717, 1.165) is 6.07 Å². The van der Waals surface area contributed by atoms with Crippen LogP contribution in [0.3, 0.4) is 0 Å². The van der Waals surface area contributed by atoms with Gasteiger partial charge in [0.2, 0.25) is 0 Å². The van der Waals surface area contributed by atoms with Crippen LogP contribution in [-0.4, -0.2) is 48.9 Å². The Kier molecular flexibility index (Phi) is 6.70. The lowest BCUT2D eigenvalue weighted by atomic mass is 10.3. The van der Waals surface area contributed by atoms with Gasteiger partial charge in [-0.05, 0) is 31.5 Å². The van der Waals surface area contributed by atoms with Gasteiger partial charge in [0.25, 0.3) is 5.91 Å². The average Bonchev–Trinajstić information content (AvgIpc) is 2.88. The van der Waals surface area contributed by atoms with Crippen molar-refractivity contribution in [1.29, 1.82) is 0 Å². The zero-order valence-corrected chi connectivity index (χ0v) is 15.7. The van der Waals surface area contributed by atoms with Crippen LogP contribution in [0.5, 0.6) is 0 Å². The van der Waals surface area contributed by atoms with Crippen molar-refractivity contribution in [1.82, 2.24) is 0 Å². The minimum atomic E-state index is -3.00. The summed E-state index contributed by atoms with van der Waals surface area (Å²) in [5, 5.41) is 2.21. The molecule has 0 unspecified atom stereocenters. The molecule has 1 saturated heterocycles. The van der Waals surface area contributed by atoms with Gasteiger partial charge in [-0.2, -0.15) is 0 Å². The molecule has 1 amide bonds. The summed E-state index contributed by atoms with van der Waals surface area (Å²) in [6.45, 7) is 1.41. The number of ether oxygens (including phenoxy) is 1. The number of hydrogen-bond donors (Lipinski definition) is 1. The van der Waals surface area contributed by atoms with E-state index in [4.69, 9.17) is 16.3 Å². The molecule has 0 saturated carbocycles. The fourth-order valence-corrected chi connectivity index (χ4v) is 5.79. The summed E-state index contributed by atoms with van der Waals surface area (Å²) >= 11 is 6.84. The number of amides is 1. The zero-order chi connectivity index (χ0) is 18.6. The second-order valence-corrected chi connectivity index (χ2v) is 9.51. The Balaban J connectivity index is 1.78. The standard InChI is InChI=1S/C15H17ClFNO5S2/c1-9(15(20)18-10-2-3-13(17)12(16)6-10)23-14(19)7-24-11-4-5-25(21,22)8-11/h2-3,6,9,11H,4-5,7-8H2,1H3,(H,18,20)/t9-,11-/m0/s1. The molecule has 1 N–H and O–H groups in total. The minimum absolute atomic E-state index is 0.0276. The number of anilines is 1. The molecule has 0 spiro atoms. The lowest BCUT2D eigenvalue weighted by Gasteiger charge is -2.14. The molecule has 1 aromatic carbocycles. The van der Waals surface area contributed by atoms with Gasteiger partial charge in [-0.25, -0.2) is 12.8 Å². The highest BCUT2D eigenvalue weighted by atomic mass is 35.5. The first-order chi connectivity index (χ1) is 11.7. The molecule has 10 heteroatoms. The number of halogens is 2. The van der Waals surface area contributed by atoms with Crippen molar-refractivity contribution < 1.29 is 27.1 Å². The molecule has 1 fully saturated rings. The van der Waals surface area contributed by atoms with Crippen molar-refractivity contribution >= 4 is 50.8 Å². The van der Waals surface area contributed by atoms with Gasteiger partial charge >= 0.3 is 5.97 Å². The molecule has 0 aromatic heterocycles. The van der Waals surface area contributed by atoms with Gasteiger partial charge in [0, 0.05) is 10.9 Å². The van der Waals surface area contributed by atoms with Crippen LogP contribution < -0.4 is 5.32 Å². The zero-order valence-electron chi connectivity index (χ0n) is 13.3. The predicted molar refractivity (Wildman–Crippen MR) is 95.1 cm³/mol. The highest BCUT2D eigenvalue weighted by Gasteiger charge is 2.29. The fraction of sp³-hybridized carbons (Fsp3) is 0.467. The van der Waals surface area contributed by atoms with Crippen LogP contribution in [0.1, 0.15) is 13.3 Å². The normalized spacial score (nSPS) is 20.0. The number of esters is 1. The molecule has 2 atom stereocenters. The number of rotatable bonds is 6. The molecular weight excluding hydrogens is 393 g/mol. The molecule has 6 nitrogen and oxygen atoms in total. The largest absolute Gasteiger partial charge is 0.452 e. The van der Waals surface area contributed by atoms with Crippen LogP contribution in [0.15, 0.2) is 18.2 Å². The van der Waals surface area contributed by atoms with E-state index in [-0.39, 0.29) is 33.2 Å². The number of thioether (sulfide) groups is 1. The maximum absolute atomic E-state index is 13.1. The van der Waals surface area contributed by atoms with Crippen LogP contribution in [0.4, 0.5) is 10.1 Å². The van der Waals surface area contributed by atoms with Gasteiger partial charge in [-0.1, -0.05) is 11.6 Å². The molecule has 138 valence electrons. The Bertz CT molecular complexity index is 771. The van der Waals surface area contributed by atoms with E-state index >= 15 is 0 Å². The monoisotopic (exact) mass is 409 g/mol. The summed E-state index contributed by atoms with van der Waals surface area (Å²) in [6.07, 6.45) is -0.536. The number of benzene rings is 1. The third-order valence-corrected chi connectivity index (χ3v) is 7.04. The highest BCUT2D eigenvalue weighted by Crippen LogP contribution is 2.24. The van der Waals surface area contributed by atoms with Crippen LogP contribution in [0.2, 0.25) is 5.02 Å². The second-order valence-electron chi connectivity index (χ2n) is 5.59. The van der Waals surface area contributed by atoms with Crippen LogP contribution in [0.25, 0.3) is 0 Å². The van der Waals surface area contributed by atoms with E-state index in [0.29, 0.717) is 6.42 Å². The van der Waals surface area contributed by atoms with E-state index in [1.165, 1.54) is 30.8 Å². The van der Waals surface area contributed by atoms with E-state index in [1.54, 1.807) is 0 Å². The highest BCUT2D eigenvalue weighted by molar-refractivity contribution is 8.02. The second kappa shape index (κ2) is 8.37. The molecular formula is C15H17ClFNO5S2. The molecule has 0 radical (unpaired) electrons. The van der Waals surface area contributed by atoms with Crippen molar-refractivity contribution in [2.24, 2.45) is 0 Å². The first kappa shape index (κ1) is 20.0. The van der Waals surface area contributed by atoms with Crippen molar-refractivity contribution in [3.05, 3.63) is 29.0 Å². The van der Waals surface area contributed by atoms with Crippen molar-refractivity contribution in [3.8, 4) is 0 Å². The lowest BCUT2D eigenvalue weighted by Crippen LogP contribution is -2.30. The quantitative estimate of drug-likeness (QED) is 0.725. The molecule has 0 aliphatic carbocycles.